The van der Waals surface area contributed by atoms with Gasteiger partial charge >= 0.3 is 0 Å². The molecule has 1 rings (SSSR count). The Labute approximate surface area is 119 Å². The summed E-state index contributed by atoms with van der Waals surface area (Å²) in [6.45, 7) is 4.97. The molecule has 1 aromatic rings. The van der Waals surface area contributed by atoms with E-state index in [9.17, 15) is 8.42 Å². The number of nitrogens with one attached hydrogen (secondary N) is 1. The highest BCUT2D eigenvalue weighted by Gasteiger charge is 2.27. The number of nitrogen functional groups attached to an aromatic ring is 1. The molecule has 0 aliphatic rings. The normalized spacial score (nSPS) is 12.3. The molecule has 0 spiro atoms. The Kier molecular flexibility index (Phi) is 5.57. The van der Waals surface area contributed by atoms with Gasteiger partial charge in [-0.1, -0.05) is 26.7 Å². The van der Waals surface area contributed by atoms with E-state index in [2.05, 4.69) is 23.5 Å². The van der Waals surface area contributed by atoms with Crippen LogP contribution in [0.2, 0.25) is 0 Å². The molecule has 1 aromatic heterocycles. The Balaban J connectivity index is 2.99. The lowest BCUT2D eigenvalue weighted by atomic mass is 10.0. The van der Waals surface area contributed by atoms with Gasteiger partial charge in [-0.2, -0.15) is 4.37 Å². The van der Waals surface area contributed by atoms with Crippen molar-refractivity contribution in [3.8, 4) is 0 Å². The fraction of sp³-hybridized carbons (Fsp3) is 0.727. The molecule has 19 heavy (non-hydrogen) atoms. The molecule has 0 bridgehead atoms. The maximum atomic E-state index is 12.2. The highest BCUT2D eigenvalue weighted by molar-refractivity contribution is 7.89. The second-order valence-electron chi connectivity index (χ2n) is 4.58. The predicted molar refractivity (Wildman–Crippen MR) is 80.0 cm³/mol. The van der Waals surface area contributed by atoms with Crippen LogP contribution in [0.1, 0.15) is 26.7 Å². The molecule has 0 radical (unpaired) electrons. The summed E-state index contributed by atoms with van der Waals surface area (Å²) in [5.74, 6) is 0.573. The summed E-state index contributed by atoms with van der Waals surface area (Å²) in [5.41, 5.74) is 5.69. The van der Waals surface area contributed by atoms with Crippen molar-refractivity contribution >= 4 is 32.4 Å². The number of aromatic nitrogens is 1. The molecular formula is C11H22N4O2S2. The summed E-state index contributed by atoms with van der Waals surface area (Å²) in [7, 11) is -0.596. The van der Waals surface area contributed by atoms with Crippen LogP contribution in [0.25, 0.3) is 0 Å². The van der Waals surface area contributed by atoms with Gasteiger partial charge in [0, 0.05) is 20.6 Å². The van der Waals surface area contributed by atoms with E-state index in [4.69, 9.17) is 5.73 Å². The minimum atomic E-state index is -3.56. The zero-order valence-electron chi connectivity index (χ0n) is 11.8. The third kappa shape index (κ3) is 3.58. The number of sulfonamides is 1. The standard InChI is InChI=1S/C11H22N4O2S2/c1-5-8(6-2)7-13-11-9(10(12)14-18-11)19(16,17)15(3)4/h8,13H,5-7H2,1-4H3,(H2,12,14). The molecule has 0 fully saturated rings. The zero-order chi connectivity index (χ0) is 14.6. The third-order valence-corrected chi connectivity index (χ3v) is 5.96. The lowest BCUT2D eigenvalue weighted by Gasteiger charge is -2.15. The van der Waals surface area contributed by atoms with Crippen molar-refractivity contribution < 1.29 is 8.42 Å². The highest BCUT2D eigenvalue weighted by Crippen LogP contribution is 2.33. The maximum absolute atomic E-state index is 12.2. The SMILES string of the molecule is CCC(CC)CNc1snc(N)c1S(=O)(=O)N(C)C. The highest BCUT2D eigenvalue weighted by atomic mass is 32.2. The molecule has 6 nitrogen and oxygen atoms in total. The summed E-state index contributed by atoms with van der Waals surface area (Å²) in [5, 5.41) is 3.69. The van der Waals surface area contributed by atoms with Crippen LogP contribution in [0.5, 0.6) is 0 Å². The Morgan fingerprint density at radius 1 is 1.37 bits per heavy atom. The van der Waals surface area contributed by atoms with Gasteiger partial charge in [-0.3, -0.25) is 0 Å². The molecule has 0 saturated heterocycles. The summed E-state index contributed by atoms with van der Waals surface area (Å²) in [4.78, 5) is 0.0912. The van der Waals surface area contributed by atoms with Gasteiger partial charge in [0.25, 0.3) is 0 Å². The van der Waals surface area contributed by atoms with Crippen LogP contribution in [0.3, 0.4) is 0 Å². The maximum Gasteiger partial charge on any atom is 0.249 e. The summed E-state index contributed by atoms with van der Waals surface area (Å²) in [6.07, 6.45) is 2.10. The van der Waals surface area contributed by atoms with Crippen LogP contribution in [0.4, 0.5) is 10.8 Å². The molecule has 0 atom stereocenters. The van der Waals surface area contributed by atoms with E-state index in [1.807, 2.05) is 0 Å². The molecule has 0 amide bonds. The van der Waals surface area contributed by atoms with Crippen molar-refractivity contribution in [3.05, 3.63) is 0 Å². The topological polar surface area (TPSA) is 88.3 Å². The van der Waals surface area contributed by atoms with E-state index in [-0.39, 0.29) is 10.7 Å². The van der Waals surface area contributed by atoms with Crippen molar-refractivity contribution in [3.63, 3.8) is 0 Å². The van der Waals surface area contributed by atoms with Crippen molar-refractivity contribution in [1.29, 1.82) is 0 Å². The molecule has 0 aromatic carbocycles. The second-order valence-corrected chi connectivity index (χ2v) is 7.44. The lowest BCUT2D eigenvalue weighted by molar-refractivity contribution is 0.516. The number of hydrogen-bond donors (Lipinski definition) is 2. The van der Waals surface area contributed by atoms with Crippen molar-refractivity contribution in [1.82, 2.24) is 8.68 Å². The van der Waals surface area contributed by atoms with Crippen LogP contribution in [0, 0.1) is 5.92 Å². The summed E-state index contributed by atoms with van der Waals surface area (Å²) in [6, 6.07) is 0. The predicted octanol–water partition coefficient (Wildman–Crippen LogP) is 1.82. The monoisotopic (exact) mass is 306 g/mol. The van der Waals surface area contributed by atoms with Crippen LogP contribution in [-0.4, -0.2) is 37.7 Å². The van der Waals surface area contributed by atoms with E-state index in [0.717, 1.165) is 35.2 Å². The second kappa shape index (κ2) is 6.53. The zero-order valence-corrected chi connectivity index (χ0v) is 13.4. The third-order valence-electron chi connectivity index (χ3n) is 3.12. The van der Waals surface area contributed by atoms with Crippen LogP contribution >= 0.6 is 11.5 Å². The molecule has 3 N–H and O–H groups in total. The van der Waals surface area contributed by atoms with Gasteiger partial charge in [-0.15, -0.1) is 0 Å². The first-order chi connectivity index (χ1) is 8.84. The van der Waals surface area contributed by atoms with E-state index in [1.54, 1.807) is 0 Å². The minimum absolute atomic E-state index is 0.0609. The van der Waals surface area contributed by atoms with Gasteiger partial charge in [0.1, 0.15) is 5.00 Å². The van der Waals surface area contributed by atoms with Crippen LogP contribution in [-0.2, 0) is 10.0 Å². The summed E-state index contributed by atoms with van der Waals surface area (Å²) >= 11 is 1.09. The van der Waals surface area contributed by atoms with Crippen molar-refractivity contribution in [2.75, 3.05) is 31.7 Å². The quantitative estimate of drug-likeness (QED) is 0.802. The Bertz CT molecular complexity index is 507. The van der Waals surface area contributed by atoms with Gasteiger partial charge in [-0.25, -0.2) is 12.7 Å². The average molecular weight is 306 g/mol. The van der Waals surface area contributed by atoms with Crippen molar-refractivity contribution in [2.24, 2.45) is 5.92 Å². The fourth-order valence-electron chi connectivity index (χ4n) is 1.65. The van der Waals surface area contributed by atoms with Gasteiger partial charge in [0.2, 0.25) is 10.0 Å². The fourth-order valence-corrected chi connectivity index (χ4v) is 3.74. The van der Waals surface area contributed by atoms with E-state index < -0.39 is 10.0 Å². The number of anilines is 2. The molecule has 0 saturated carbocycles. The molecule has 1 heterocycles. The number of nitrogens with zero attached hydrogens (tertiary/aromatic N) is 2. The Morgan fingerprint density at radius 3 is 2.42 bits per heavy atom. The lowest BCUT2D eigenvalue weighted by Crippen LogP contribution is -2.24. The van der Waals surface area contributed by atoms with Gasteiger partial charge in [0.15, 0.2) is 10.7 Å². The van der Waals surface area contributed by atoms with Gasteiger partial charge < -0.3 is 11.1 Å². The summed E-state index contributed by atoms with van der Waals surface area (Å²) < 4.78 is 29.5. The number of rotatable bonds is 7. The molecule has 0 unspecified atom stereocenters. The van der Waals surface area contributed by atoms with Gasteiger partial charge in [0.05, 0.1) is 0 Å². The Hall–Kier alpha value is -0.860. The smallest absolute Gasteiger partial charge is 0.249 e. The molecule has 0 aliphatic carbocycles. The van der Waals surface area contributed by atoms with E-state index in [0.29, 0.717) is 10.9 Å². The molecule has 0 aliphatic heterocycles. The van der Waals surface area contributed by atoms with Crippen LogP contribution in [0.15, 0.2) is 4.90 Å². The van der Waals surface area contributed by atoms with Crippen molar-refractivity contribution in [2.45, 2.75) is 31.6 Å². The minimum Gasteiger partial charge on any atom is -0.382 e. The number of nitrogens with two attached hydrogens (primary N) is 1. The molecular weight excluding hydrogens is 284 g/mol. The first-order valence-electron chi connectivity index (χ1n) is 6.26. The largest absolute Gasteiger partial charge is 0.382 e. The van der Waals surface area contributed by atoms with E-state index >= 15 is 0 Å². The van der Waals surface area contributed by atoms with Gasteiger partial charge in [-0.05, 0) is 17.5 Å². The first kappa shape index (κ1) is 16.2. The Morgan fingerprint density at radius 2 is 1.95 bits per heavy atom. The molecule has 8 heteroatoms. The first-order valence-corrected chi connectivity index (χ1v) is 8.47. The van der Waals surface area contributed by atoms with E-state index in [1.165, 1.54) is 14.1 Å². The van der Waals surface area contributed by atoms with Crippen LogP contribution < -0.4 is 11.1 Å². The molecule has 110 valence electrons. The average Bonchev–Trinajstić information content (AvgIpc) is 2.72. The number of hydrogen-bond acceptors (Lipinski definition) is 6.